The summed E-state index contributed by atoms with van der Waals surface area (Å²) in [5.74, 6) is -3.03. The first-order valence-electron chi connectivity index (χ1n) is 15.3. The summed E-state index contributed by atoms with van der Waals surface area (Å²) in [6, 6.07) is 1.52. The summed E-state index contributed by atoms with van der Waals surface area (Å²) >= 11 is 0. The van der Waals surface area contributed by atoms with Crippen LogP contribution in [0.1, 0.15) is 51.5 Å². The summed E-state index contributed by atoms with van der Waals surface area (Å²) in [6.07, 6.45) is 4.29. The van der Waals surface area contributed by atoms with E-state index >= 15 is 0 Å². The van der Waals surface area contributed by atoms with E-state index in [1.807, 2.05) is 0 Å². The van der Waals surface area contributed by atoms with Gasteiger partial charge < -0.3 is 61.2 Å². The Morgan fingerprint density at radius 3 is 2.02 bits per heavy atom. The van der Waals surface area contributed by atoms with Gasteiger partial charge in [0.25, 0.3) is 11.8 Å². The van der Waals surface area contributed by atoms with Crippen molar-refractivity contribution in [2.24, 2.45) is 37.6 Å². The Morgan fingerprint density at radius 1 is 0.800 bits per heavy atom. The van der Waals surface area contributed by atoms with E-state index in [-0.39, 0.29) is 92.9 Å². The van der Waals surface area contributed by atoms with Crippen molar-refractivity contribution < 1.29 is 38.2 Å². The van der Waals surface area contributed by atoms with Gasteiger partial charge in [0.1, 0.15) is 12.3 Å². The lowest BCUT2D eigenvalue weighted by molar-refractivity contribution is -0.125. The summed E-state index contributed by atoms with van der Waals surface area (Å²) in [4.78, 5) is 86.6. The van der Waals surface area contributed by atoms with Crippen molar-refractivity contribution >= 4 is 58.8 Å². The molecule has 0 radical (unpaired) electrons. The molecule has 0 aromatic carbocycles. The first kappa shape index (κ1) is 38.2. The summed E-state index contributed by atoms with van der Waals surface area (Å²) in [6.45, 7) is 1.98. The molecule has 3 heterocycles. The molecule has 0 bridgehead atoms. The predicted molar refractivity (Wildman–Crippen MR) is 179 cm³/mol. The molecule has 0 spiro atoms. The summed E-state index contributed by atoms with van der Waals surface area (Å²) in [5, 5.41) is 13.0. The first-order chi connectivity index (χ1) is 23.8. The quantitative estimate of drug-likeness (QED) is 0.0343. The molecule has 3 aromatic heterocycles. The molecule has 3 aromatic rings. The normalized spacial score (nSPS) is 10.6. The fourth-order valence-electron chi connectivity index (χ4n) is 4.30. The zero-order valence-electron chi connectivity index (χ0n) is 28.1. The average molecular weight is 700 g/mol. The highest BCUT2D eigenvalue weighted by atomic mass is 16.5. The van der Waals surface area contributed by atoms with E-state index in [1.165, 1.54) is 32.2 Å². The number of guanidine groups is 1. The summed E-state index contributed by atoms with van der Waals surface area (Å²) < 4.78 is 14.4. The van der Waals surface area contributed by atoms with Crippen LogP contribution in [0, 0.1) is 0 Å². The Labute approximate surface area is 286 Å². The lowest BCUT2D eigenvalue weighted by atomic mass is 10.3. The predicted octanol–water partition coefficient (Wildman–Crippen LogP) is -1.59. The molecule has 5 amide bonds. The van der Waals surface area contributed by atoms with E-state index in [0.717, 1.165) is 0 Å². The van der Waals surface area contributed by atoms with Crippen molar-refractivity contribution in [3.63, 3.8) is 0 Å². The van der Waals surface area contributed by atoms with Crippen LogP contribution in [0.5, 0.6) is 0 Å². The lowest BCUT2D eigenvalue weighted by Gasteiger charge is -2.10. The number of hydrogen-bond donors (Lipinski definition) is 7. The van der Waals surface area contributed by atoms with Crippen molar-refractivity contribution in [2.75, 3.05) is 55.4 Å². The van der Waals surface area contributed by atoms with Crippen molar-refractivity contribution in [2.45, 2.75) is 19.8 Å². The largest absolute Gasteiger partial charge is 0.460 e. The molecular weight excluding hydrogens is 658 g/mol. The van der Waals surface area contributed by atoms with Crippen LogP contribution in [-0.2, 0) is 45.0 Å². The minimum absolute atomic E-state index is 0.0270. The molecule has 50 heavy (non-hydrogen) atoms. The number of anilines is 3. The first-order valence-corrected chi connectivity index (χ1v) is 15.3. The average Bonchev–Trinajstić information content (AvgIpc) is 3.71. The molecule has 0 unspecified atom stereocenters. The lowest BCUT2D eigenvalue weighted by Crippen LogP contribution is -2.31. The highest BCUT2D eigenvalue weighted by molar-refractivity contribution is 6.07. The molecule has 3 rings (SSSR count). The van der Waals surface area contributed by atoms with Crippen LogP contribution in [0.3, 0.4) is 0 Å². The van der Waals surface area contributed by atoms with Gasteiger partial charge in [-0.05, 0) is 13.0 Å². The zero-order valence-corrected chi connectivity index (χ0v) is 28.1. The molecule has 21 heteroatoms. The highest BCUT2D eigenvalue weighted by Crippen LogP contribution is 2.18. The fourth-order valence-corrected chi connectivity index (χ4v) is 4.30. The third kappa shape index (κ3) is 11.5. The number of aryl methyl sites for hydroxylation is 3. The van der Waals surface area contributed by atoms with Crippen LogP contribution in [0.25, 0.3) is 0 Å². The van der Waals surface area contributed by atoms with E-state index in [1.54, 1.807) is 34.3 Å². The Hall–Kier alpha value is -6.25. The van der Waals surface area contributed by atoms with Crippen LogP contribution >= 0.6 is 0 Å². The summed E-state index contributed by atoms with van der Waals surface area (Å²) in [7, 11) is 4.75. The topological polar surface area (TPSA) is 286 Å². The molecule has 0 saturated carbocycles. The number of nitrogens with zero attached hydrogens (tertiary/aromatic N) is 6. The third-order valence-corrected chi connectivity index (χ3v) is 6.56. The Kier molecular flexibility index (Phi) is 14.0. The van der Waals surface area contributed by atoms with Gasteiger partial charge in [0.2, 0.25) is 29.4 Å². The Bertz CT molecular complexity index is 1740. The van der Waals surface area contributed by atoms with Crippen LogP contribution in [0.4, 0.5) is 17.3 Å². The maximum absolute atomic E-state index is 13.1. The number of hydrogen-bond acceptors (Lipinski definition) is 11. The molecule has 0 aliphatic rings. The number of aromatic nitrogens is 5. The Balaban J connectivity index is 1.46. The monoisotopic (exact) mass is 699 g/mol. The van der Waals surface area contributed by atoms with Gasteiger partial charge in [-0.1, -0.05) is 0 Å². The minimum Gasteiger partial charge on any atom is -0.460 e. The van der Waals surface area contributed by atoms with Gasteiger partial charge in [-0.15, -0.1) is 0 Å². The smallest absolute Gasteiger partial charge is 0.374 e. The number of esters is 1. The van der Waals surface area contributed by atoms with Crippen molar-refractivity contribution in [3.05, 3.63) is 42.0 Å². The van der Waals surface area contributed by atoms with Crippen molar-refractivity contribution in [1.82, 2.24) is 34.3 Å². The zero-order chi connectivity index (χ0) is 36.8. The number of amides is 5. The molecule has 21 nitrogen and oxygen atoms in total. The number of ether oxygens (including phenoxy) is 2. The highest BCUT2D eigenvalue weighted by Gasteiger charge is 2.22. The van der Waals surface area contributed by atoms with Crippen LogP contribution in [-0.4, -0.2) is 105 Å². The van der Waals surface area contributed by atoms with E-state index in [9.17, 15) is 28.8 Å². The number of carbonyl (C=O) groups excluding carboxylic acids is 6. The third-order valence-electron chi connectivity index (χ3n) is 6.56. The van der Waals surface area contributed by atoms with Crippen LogP contribution in [0.15, 0.2) is 29.6 Å². The van der Waals surface area contributed by atoms with E-state index in [2.05, 4.69) is 41.5 Å². The molecule has 0 fully saturated rings. The standard InChI is InChI=1S/C29H41N13O8/c1-5-50-28(48)25-39-19(15-42(25)4)37-21(44)7-10-33-26(46)23-17(8-12-40(23)2)35-27(47)24-38-18(14-41(24)3)36-20(43)6-9-32-22(45)16-49-13-11-34-29(30)31/h8,12,14-15H,5-7,9-11,13,16H2,1-4H3,(H,32,45)(H,33,46)(H,35,47)(H,36,43)(H,37,44)(H4,30,31,34). The second-order valence-electron chi connectivity index (χ2n) is 10.5. The van der Waals surface area contributed by atoms with Gasteiger partial charge in [0, 0.05) is 65.7 Å². The number of carbonyl (C=O) groups is 6. The van der Waals surface area contributed by atoms with Gasteiger partial charge >= 0.3 is 5.97 Å². The van der Waals surface area contributed by atoms with Crippen LogP contribution < -0.4 is 38.1 Å². The van der Waals surface area contributed by atoms with Gasteiger partial charge in [-0.2, -0.15) is 0 Å². The molecular formula is C29H41N13O8. The SMILES string of the molecule is CCOC(=O)c1nc(NC(=O)CCNC(=O)c2c(NC(=O)c3nc(NC(=O)CCNC(=O)COCCN=C(N)N)cn3C)ccn2C)cn1C. The molecule has 9 N–H and O–H groups in total. The number of rotatable bonds is 18. The molecule has 0 saturated heterocycles. The maximum Gasteiger partial charge on any atom is 0.374 e. The molecule has 0 aliphatic carbocycles. The number of nitrogens with two attached hydrogens (primary N) is 2. The van der Waals surface area contributed by atoms with Gasteiger partial charge in [0.05, 0.1) is 25.4 Å². The minimum atomic E-state index is -0.655. The molecule has 270 valence electrons. The van der Waals surface area contributed by atoms with E-state index < -0.39 is 35.5 Å². The van der Waals surface area contributed by atoms with Gasteiger partial charge in [0.15, 0.2) is 17.6 Å². The molecule has 0 aliphatic heterocycles. The second kappa shape index (κ2) is 18.3. The fraction of sp³-hybridized carbons (Fsp3) is 0.414. The van der Waals surface area contributed by atoms with E-state index in [0.29, 0.717) is 0 Å². The van der Waals surface area contributed by atoms with E-state index in [4.69, 9.17) is 20.9 Å². The Morgan fingerprint density at radius 2 is 1.40 bits per heavy atom. The maximum atomic E-state index is 13.1. The van der Waals surface area contributed by atoms with Gasteiger partial charge in [-0.25, -0.2) is 14.8 Å². The molecule has 0 atom stereocenters. The summed E-state index contributed by atoms with van der Waals surface area (Å²) in [5.41, 5.74) is 10.7. The van der Waals surface area contributed by atoms with Crippen molar-refractivity contribution in [3.8, 4) is 0 Å². The number of nitrogens with one attached hydrogen (secondary N) is 5. The second-order valence-corrected chi connectivity index (χ2v) is 10.5. The number of aliphatic imine (C=N–C) groups is 1. The van der Waals surface area contributed by atoms with Crippen molar-refractivity contribution in [1.29, 1.82) is 0 Å². The van der Waals surface area contributed by atoms with Gasteiger partial charge in [-0.3, -0.25) is 29.0 Å². The van der Waals surface area contributed by atoms with Crippen LogP contribution in [0.2, 0.25) is 0 Å². The number of imidazole rings is 2.